The summed E-state index contributed by atoms with van der Waals surface area (Å²) in [6.45, 7) is 7.95. The first-order valence-electron chi connectivity index (χ1n) is 7.17. The van der Waals surface area contributed by atoms with Gasteiger partial charge in [-0.1, -0.05) is 26.5 Å². The molecule has 0 spiro atoms. The van der Waals surface area contributed by atoms with E-state index < -0.39 is 0 Å². The maximum atomic E-state index is 9.05. The first kappa shape index (κ1) is 16.3. The molecule has 6 nitrogen and oxygen atoms in total. The van der Waals surface area contributed by atoms with Gasteiger partial charge in [0.1, 0.15) is 18.4 Å². The zero-order valence-corrected chi connectivity index (χ0v) is 13.1. The molecule has 0 bridgehead atoms. The number of nitriles is 1. The Morgan fingerprint density at radius 3 is 2.78 bits per heavy atom. The van der Waals surface area contributed by atoms with Crippen LogP contribution in [0, 0.1) is 11.3 Å². The molecule has 0 aliphatic carbocycles. The van der Waals surface area contributed by atoms with Crippen molar-refractivity contribution < 1.29 is 9.15 Å². The summed E-state index contributed by atoms with van der Waals surface area (Å²) in [4.78, 5) is 4.11. The number of hydrazone groups is 1. The lowest BCUT2D eigenvalue weighted by Gasteiger charge is -2.02. The molecule has 0 radical (unpaired) electrons. The van der Waals surface area contributed by atoms with Crippen molar-refractivity contribution in [3.63, 3.8) is 0 Å². The fourth-order valence-electron chi connectivity index (χ4n) is 1.71. The van der Waals surface area contributed by atoms with Gasteiger partial charge in [-0.15, -0.1) is 0 Å². The smallest absolute Gasteiger partial charge is 0.252 e. The molecule has 0 saturated heterocycles. The average Bonchev–Trinajstić information content (AvgIpc) is 2.98. The van der Waals surface area contributed by atoms with Gasteiger partial charge >= 0.3 is 0 Å². The van der Waals surface area contributed by atoms with Crippen LogP contribution in [0.3, 0.4) is 0 Å². The van der Waals surface area contributed by atoms with Crippen molar-refractivity contribution in [2.24, 2.45) is 5.10 Å². The summed E-state index contributed by atoms with van der Waals surface area (Å²) in [5, 5.41) is 13.1. The predicted octanol–water partition coefficient (Wildman–Crippen LogP) is 3.68. The van der Waals surface area contributed by atoms with Gasteiger partial charge in [0, 0.05) is 5.92 Å². The van der Waals surface area contributed by atoms with E-state index in [4.69, 9.17) is 14.4 Å². The Labute approximate surface area is 135 Å². The topological polar surface area (TPSA) is 83.4 Å². The number of nitrogens with one attached hydrogen (secondary N) is 1. The average molecular weight is 310 g/mol. The summed E-state index contributed by atoms with van der Waals surface area (Å²) in [5.41, 5.74) is 3.78. The second-order valence-corrected chi connectivity index (χ2v) is 5.04. The van der Waals surface area contributed by atoms with Crippen molar-refractivity contribution in [3.05, 3.63) is 54.1 Å². The third-order valence-corrected chi connectivity index (χ3v) is 2.87. The Morgan fingerprint density at radius 2 is 2.17 bits per heavy atom. The standard InChI is InChI=1S/C17H18N4O2/c1-4-9-22-14-7-5-13(6-8-14)11-19-21-17-15(10-18)20-16(23-17)12(2)3/h4-8,11-12,21H,1,9H2,2-3H3/b19-11+. The quantitative estimate of drug-likeness (QED) is 0.479. The highest BCUT2D eigenvalue weighted by Gasteiger charge is 2.14. The van der Waals surface area contributed by atoms with E-state index in [-0.39, 0.29) is 17.5 Å². The first-order valence-corrected chi connectivity index (χ1v) is 7.17. The molecule has 1 aromatic heterocycles. The molecule has 0 fully saturated rings. The van der Waals surface area contributed by atoms with E-state index in [2.05, 4.69) is 22.1 Å². The van der Waals surface area contributed by atoms with Gasteiger partial charge in [-0.3, -0.25) is 0 Å². The van der Waals surface area contributed by atoms with E-state index in [0.717, 1.165) is 11.3 Å². The van der Waals surface area contributed by atoms with Crippen LogP contribution in [-0.2, 0) is 0 Å². The lowest BCUT2D eigenvalue weighted by atomic mass is 10.2. The highest BCUT2D eigenvalue weighted by molar-refractivity contribution is 5.80. The zero-order chi connectivity index (χ0) is 16.7. The minimum absolute atomic E-state index is 0.102. The third kappa shape index (κ3) is 4.45. The Hall–Kier alpha value is -3.07. The van der Waals surface area contributed by atoms with Gasteiger partial charge in [-0.25, -0.2) is 10.4 Å². The molecule has 0 saturated carbocycles. The first-order chi connectivity index (χ1) is 11.1. The number of aromatic nitrogens is 1. The normalized spacial score (nSPS) is 10.7. The fourth-order valence-corrected chi connectivity index (χ4v) is 1.71. The number of ether oxygens (including phenoxy) is 1. The maximum absolute atomic E-state index is 9.05. The maximum Gasteiger partial charge on any atom is 0.252 e. The minimum atomic E-state index is 0.102. The third-order valence-electron chi connectivity index (χ3n) is 2.87. The Bertz CT molecular complexity index is 724. The molecule has 118 valence electrons. The van der Waals surface area contributed by atoms with Crippen LogP contribution in [0.4, 0.5) is 5.88 Å². The molecular weight excluding hydrogens is 292 g/mol. The second-order valence-electron chi connectivity index (χ2n) is 5.04. The van der Waals surface area contributed by atoms with E-state index >= 15 is 0 Å². The van der Waals surface area contributed by atoms with Crippen molar-refractivity contribution >= 4 is 12.1 Å². The summed E-state index contributed by atoms with van der Waals surface area (Å²) in [5.74, 6) is 1.62. The largest absolute Gasteiger partial charge is 0.490 e. The zero-order valence-electron chi connectivity index (χ0n) is 13.1. The number of hydrogen-bond acceptors (Lipinski definition) is 6. The molecule has 0 amide bonds. The van der Waals surface area contributed by atoms with Gasteiger partial charge in [0.15, 0.2) is 0 Å². The summed E-state index contributed by atoms with van der Waals surface area (Å²) in [7, 11) is 0. The Morgan fingerprint density at radius 1 is 1.43 bits per heavy atom. The van der Waals surface area contributed by atoms with E-state index in [9.17, 15) is 0 Å². The molecular formula is C17H18N4O2. The van der Waals surface area contributed by atoms with Crippen LogP contribution in [0.15, 0.2) is 46.4 Å². The van der Waals surface area contributed by atoms with E-state index in [1.165, 1.54) is 0 Å². The van der Waals surface area contributed by atoms with Crippen LogP contribution >= 0.6 is 0 Å². The molecule has 1 aromatic carbocycles. The number of nitrogens with zero attached hydrogens (tertiary/aromatic N) is 3. The highest BCUT2D eigenvalue weighted by atomic mass is 16.5. The van der Waals surface area contributed by atoms with Gasteiger partial charge in [0.05, 0.1) is 6.21 Å². The molecule has 0 aliphatic rings. The van der Waals surface area contributed by atoms with Gasteiger partial charge in [0.2, 0.25) is 11.6 Å². The van der Waals surface area contributed by atoms with Crippen LogP contribution in [0.2, 0.25) is 0 Å². The molecule has 1 heterocycles. The molecule has 23 heavy (non-hydrogen) atoms. The Balaban J connectivity index is 2.01. The minimum Gasteiger partial charge on any atom is -0.490 e. The van der Waals surface area contributed by atoms with Gasteiger partial charge in [0.25, 0.3) is 5.88 Å². The van der Waals surface area contributed by atoms with Crippen LogP contribution in [0.25, 0.3) is 0 Å². The van der Waals surface area contributed by atoms with Gasteiger partial charge < -0.3 is 9.15 Å². The van der Waals surface area contributed by atoms with Gasteiger partial charge in [-0.2, -0.15) is 10.4 Å². The van der Waals surface area contributed by atoms with E-state index in [0.29, 0.717) is 12.5 Å². The SMILES string of the molecule is C=CCOc1ccc(/C=N/Nc2oc(C(C)C)nc2C#N)cc1. The summed E-state index contributed by atoms with van der Waals surface area (Å²) >= 11 is 0. The summed E-state index contributed by atoms with van der Waals surface area (Å²) in [6.07, 6.45) is 3.31. The molecule has 2 rings (SSSR count). The van der Waals surface area contributed by atoms with E-state index in [1.807, 2.05) is 44.2 Å². The molecule has 0 aliphatic heterocycles. The van der Waals surface area contributed by atoms with Crippen LogP contribution in [0.1, 0.15) is 36.9 Å². The monoisotopic (exact) mass is 310 g/mol. The molecule has 6 heteroatoms. The highest BCUT2D eigenvalue weighted by Crippen LogP contribution is 2.22. The van der Waals surface area contributed by atoms with Crippen LogP contribution < -0.4 is 10.2 Å². The number of anilines is 1. The van der Waals surface area contributed by atoms with Crippen molar-refractivity contribution in [2.45, 2.75) is 19.8 Å². The fraction of sp³-hybridized carbons (Fsp3) is 0.235. The second kappa shape index (κ2) is 7.80. The predicted molar refractivity (Wildman–Crippen MR) is 88.7 cm³/mol. The molecule has 0 unspecified atom stereocenters. The van der Waals surface area contributed by atoms with Crippen LogP contribution in [-0.4, -0.2) is 17.8 Å². The van der Waals surface area contributed by atoms with Gasteiger partial charge in [-0.05, 0) is 29.8 Å². The van der Waals surface area contributed by atoms with Crippen molar-refractivity contribution in [2.75, 3.05) is 12.0 Å². The number of benzene rings is 1. The molecule has 0 atom stereocenters. The molecule has 2 aromatic rings. The number of oxazole rings is 1. The molecule has 1 N–H and O–H groups in total. The summed E-state index contributed by atoms with van der Waals surface area (Å²) < 4.78 is 10.9. The van der Waals surface area contributed by atoms with Crippen molar-refractivity contribution in [1.82, 2.24) is 4.98 Å². The summed E-state index contributed by atoms with van der Waals surface area (Å²) in [6, 6.07) is 9.41. The van der Waals surface area contributed by atoms with Crippen molar-refractivity contribution in [1.29, 1.82) is 5.26 Å². The van der Waals surface area contributed by atoms with Crippen LogP contribution in [0.5, 0.6) is 5.75 Å². The van der Waals surface area contributed by atoms with E-state index in [1.54, 1.807) is 12.3 Å². The number of rotatable bonds is 7. The van der Waals surface area contributed by atoms with Crippen molar-refractivity contribution in [3.8, 4) is 11.8 Å². The lowest BCUT2D eigenvalue weighted by molar-refractivity contribution is 0.363. The Kier molecular flexibility index (Phi) is 5.53. The lowest BCUT2D eigenvalue weighted by Crippen LogP contribution is -1.94. The number of hydrogen-bond donors (Lipinski definition) is 1.